The molecule has 0 nitrogen and oxygen atoms in total. The third-order valence-corrected chi connectivity index (χ3v) is 3.63. The van der Waals surface area contributed by atoms with Crippen molar-refractivity contribution in [2.75, 3.05) is 0 Å². The van der Waals surface area contributed by atoms with E-state index in [-0.39, 0.29) is 0 Å². The van der Waals surface area contributed by atoms with E-state index < -0.39 is 0 Å². The third kappa shape index (κ3) is 5.26. The highest BCUT2D eigenvalue weighted by Crippen LogP contribution is 2.08. The van der Waals surface area contributed by atoms with Crippen LogP contribution in [0.2, 0.25) is 0 Å². The zero-order valence-corrected chi connectivity index (χ0v) is 13.6. The second-order valence-electron chi connectivity index (χ2n) is 5.50. The molecule has 0 heteroatoms. The van der Waals surface area contributed by atoms with Gasteiger partial charge in [0.1, 0.15) is 0 Å². The van der Waals surface area contributed by atoms with Crippen LogP contribution in [0.5, 0.6) is 0 Å². The fourth-order valence-electron chi connectivity index (χ4n) is 2.36. The summed E-state index contributed by atoms with van der Waals surface area (Å²) < 4.78 is 0. The highest BCUT2D eigenvalue weighted by atomic mass is 14.0. The maximum absolute atomic E-state index is 3.24. The van der Waals surface area contributed by atoms with Crippen LogP contribution in [0.3, 0.4) is 0 Å². The van der Waals surface area contributed by atoms with E-state index in [4.69, 9.17) is 0 Å². The van der Waals surface area contributed by atoms with Crippen molar-refractivity contribution in [3.05, 3.63) is 82.9 Å². The van der Waals surface area contributed by atoms with Crippen LogP contribution in [0, 0.1) is 11.8 Å². The summed E-state index contributed by atoms with van der Waals surface area (Å²) in [5.41, 5.74) is 4.91. The lowest BCUT2D eigenvalue weighted by molar-refractivity contribution is 0.922. The molecular formula is C22H24. The van der Waals surface area contributed by atoms with Crippen LogP contribution in [-0.2, 0) is 12.8 Å². The molecule has 0 aliphatic heterocycles. The first-order valence-electron chi connectivity index (χ1n) is 8.13. The molecule has 2 aromatic rings. The molecule has 0 aliphatic carbocycles. The second kappa shape index (κ2) is 8.90. The summed E-state index contributed by atoms with van der Waals surface area (Å²) in [5.74, 6) is 6.48. The van der Waals surface area contributed by atoms with E-state index >= 15 is 0 Å². The smallest absolute Gasteiger partial charge is 0.0249 e. The zero-order valence-electron chi connectivity index (χ0n) is 13.6. The number of benzene rings is 2. The molecule has 0 N–H and O–H groups in total. The molecule has 0 aromatic heterocycles. The Morgan fingerprint density at radius 3 is 1.73 bits per heavy atom. The van der Waals surface area contributed by atoms with Gasteiger partial charge in [-0.15, -0.1) is 0 Å². The van der Waals surface area contributed by atoms with Gasteiger partial charge in [-0.1, -0.05) is 61.6 Å². The molecule has 0 unspecified atom stereocenters. The highest BCUT2D eigenvalue weighted by molar-refractivity contribution is 5.44. The van der Waals surface area contributed by atoms with E-state index in [0.29, 0.717) is 0 Å². The van der Waals surface area contributed by atoms with Gasteiger partial charge in [-0.2, -0.15) is 0 Å². The zero-order chi connectivity index (χ0) is 15.6. The van der Waals surface area contributed by atoms with Crippen LogP contribution in [-0.4, -0.2) is 0 Å². The van der Waals surface area contributed by atoms with Crippen molar-refractivity contribution in [2.45, 2.75) is 39.5 Å². The monoisotopic (exact) mass is 288 g/mol. The Morgan fingerprint density at radius 2 is 1.27 bits per heavy atom. The van der Waals surface area contributed by atoms with E-state index in [1.54, 1.807) is 0 Å². The van der Waals surface area contributed by atoms with Gasteiger partial charge in [-0.25, -0.2) is 0 Å². The lowest BCUT2D eigenvalue weighted by atomic mass is 10.1. The van der Waals surface area contributed by atoms with Gasteiger partial charge in [-0.05, 0) is 61.6 Å². The van der Waals surface area contributed by atoms with Crippen LogP contribution in [0.25, 0.3) is 0 Å². The van der Waals surface area contributed by atoms with Gasteiger partial charge < -0.3 is 0 Å². The predicted molar refractivity (Wildman–Crippen MR) is 96.0 cm³/mol. The maximum Gasteiger partial charge on any atom is 0.0249 e. The van der Waals surface area contributed by atoms with Gasteiger partial charge in [0.05, 0.1) is 0 Å². The molecular weight excluding hydrogens is 264 g/mol. The van der Waals surface area contributed by atoms with Crippen molar-refractivity contribution in [2.24, 2.45) is 0 Å². The van der Waals surface area contributed by atoms with Gasteiger partial charge in [0.15, 0.2) is 0 Å². The Kier molecular flexibility index (Phi) is 6.52. The van der Waals surface area contributed by atoms with Crippen LogP contribution in [0.15, 0.2) is 60.7 Å². The number of hydrogen-bond acceptors (Lipinski definition) is 0. The molecule has 0 fully saturated rings. The Hall–Kier alpha value is -2.26. The van der Waals surface area contributed by atoms with E-state index in [0.717, 1.165) is 30.4 Å². The molecule has 0 aliphatic rings. The first-order chi connectivity index (χ1) is 10.8. The first kappa shape index (κ1) is 16.1. The normalized spacial score (nSPS) is 10.5. The lowest BCUT2D eigenvalue weighted by Gasteiger charge is -1.99. The van der Waals surface area contributed by atoms with Gasteiger partial charge >= 0.3 is 0 Å². The third-order valence-electron chi connectivity index (χ3n) is 3.63. The SMILES string of the molecule is C/C=C/CCc1ccc(C#Cc2ccc(CCC)cc2)cc1. The van der Waals surface area contributed by atoms with E-state index in [1.165, 1.54) is 17.5 Å². The minimum absolute atomic E-state index is 1.08. The molecule has 0 radical (unpaired) electrons. The topological polar surface area (TPSA) is 0 Å². The van der Waals surface area contributed by atoms with Crippen molar-refractivity contribution >= 4 is 0 Å². The Morgan fingerprint density at radius 1 is 0.773 bits per heavy atom. The number of allylic oxidation sites excluding steroid dienone is 2. The van der Waals surface area contributed by atoms with Gasteiger partial charge in [0.25, 0.3) is 0 Å². The molecule has 0 bridgehead atoms. The lowest BCUT2D eigenvalue weighted by Crippen LogP contribution is -1.84. The Bertz CT molecular complexity index is 646. The van der Waals surface area contributed by atoms with E-state index in [9.17, 15) is 0 Å². The molecule has 0 saturated heterocycles. The summed E-state index contributed by atoms with van der Waals surface area (Å²) >= 11 is 0. The Labute approximate surface area is 134 Å². The molecule has 2 rings (SSSR count). The second-order valence-corrected chi connectivity index (χ2v) is 5.50. The fourth-order valence-corrected chi connectivity index (χ4v) is 2.36. The van der Waals surface area contributed by atoms with Gasteiger partial charge in [0, 0.05) is 11.1 Å². The largest absolute Gasteiger partial charge is 0.0917 e. The van der Waals surface area contributed by atoms with Crippen molar-refractivity contribution in [1.82, 2.24) is 0 Å². The summed E-state index contributed by atoms with van der Waals surface area (Å²) in [4.78, 5) is 0. The molecule has 22 heavy (non-hydrogen) atoms. The maximum atomic E-state index is 3.24. The quantitative estimate of drug-likeness (QED) is 0.500. The summed E-state index contributed by atoms with van der Waals surface area (Å²) in [7, 11) is 0. The van der Waals surface area contributed by atoms with Crippen LogP contribution in [0.4, 0.5) is 0 Å². The summed E-state index contributed by atoms with van der Waals surface area (Å²) in [6.45, 7) is 4.27. The van der Waals surface area contributed by atoms with Crippen molar-refractivity contribution < 1.29 is 0 Å². The van der Waals surface area contributed by atoms with Crippen LogP contribution >= 0.6 is 0 Å². The highest BCUT2D eigenvalue weighted by Gasteiger charge is 1.93. The summed E-state index contributed by atoms with van der Waals surface area (Å²) in [6.07, 6.45) is 8.83. The fraction of sp³-hybridized carbons (Fsp3) is 0.273. The molecule has 0 spiro atoms. The Balaban J connectivity index is 1.98. The number of hydrogen-bond donors (Lipinski definition) is 0. The predicted octanol–water partition coefficient (Wildman–Crippen LogP) is 5.55. The molecule has 0 amide bonds. The van der Waals surface area contributed by atoms with E-state index in [1.807, 2.05) is 0 Å². The van der Waals surface area contributed by atoms with Crippen molar-refractivity contribution in [3.8, 4) is 11.8 Å². The standard InChI is InChI=1S/C22H24/c1-3-5-6-8-20-11-15-22(16-12-20)18-17-21-13-9-19(7-4-2)10-14-21/h3,5,9-16H,4,6-8H2,1-2H3/b5-3+. The average Bonchev–Trinajstić information content (AvgIpc) is 2.56. The number of aryl methyl sites for hydroxylation is 2. The van der Waals surface area contributed by atoms with Crippen LogP contribution in [0.1, 0.15) is 48.9 Å². The molecule has 112 valence electrons. The van der Waals surface area contributed by atoms with Gasteiger partial charge in [-0.3, -0.25) is 0 Å². The van der Waals surface area contributed by atoms with Crippen molar-refractivity contribution in [3.63, 3.8) is 0 Å². The minimum Gasteiger partial charge on any atom is -0.0917 e. The first-order valence-corrected chi connectivity index (χ1v) is 8.13. The number of rotatable bonds is 5. The molecule has 0 heterocycles. The van der Waals surface area contributed by atoms with Crippen LogP contribution < -0.4 is 0 Å². The van der Waals surface area contributed by atoms with Gasteiger partial charge in [0.2, 0.25) is 0 Å². The van der Waals surface area contributed by atoms with E-state index in [2.05, 4.69) is 86.4 Å². The minimum atomic E-state index is 1.08. The summed E-state index contributed by atoms with van der Waals surface area (Å²) in [6, 6.07) is 17.2. The summed E-state index contributed by atoms with van der Waals surface area (Å²) in [5, 5.41) is 0. The molecule has 2 aromatic carbocycles. The average molecular weight is 288 g/mol. The molecule has 0 saturated carbocycles. The molecule has 0 atom stereocenters. The van der Waals surface area contributed by atoms with Crippen molar-refractivity contribution in [1.29, 1.82) is 0 Å².